The Labute approximate surface area is 195 Å². The number of rotatable bonds is 5. The molecule has 3 N–H and O–H groups in total. The van der Waals surface area contributed by atoms with Crippen LogP contribution in [0, 0.1) is 6.92 Å². The van der Waals surface area contributed by atoms with Crippen molar-refractivity contribution in [2.75, 3.05) is 5.32 Å². The zero-order chi connectivity index (χ0) is 23.2. The molecule has 6 rings (SSSR count). The van der Waals surface area contributed by atoms with Gasteiger partial charge in [-0.25, -0.2) is 15.0 Å². The minimum absolute atomic E-state index is 0.332. The number of aromatic amines is 2. The van der Waals surface area contributed by atoms with Gasteiger partial charge in [-0.1, -0.05) is 6.07 Å². The van der Waals surface area contributed by atoms with Crippen molar-refractivity contribution < 1.29 is 0 Å². The van der Waals surface area contributed by atoms with Crippen LogP contribution in [-0.4, -0.2) is 45.7 Å². The van der Waals surface area contributed by atoms with Crippen LogP contribution < -0.4 is 5.32 Å². The lowest BCUT2D eigenvalue weighted by Crippen LogP contribution is -2.09. The summed E-state index contributed by atoms with van der Waals surface area (Å²) < 4.78 is 1.88. The van der Waals surface area contributed by atoms with E-state index in [0.29, 0.717) is 11.9 Å². The van der Waals surface area contributed by atoms with E-state index in [2.05, 4.69) is 67.5 Å². The third kappa shape index (κ3) is 3.47. The summed E-state index contributed by atoms with van der Waals surface area (Å²) in [5, 5.41) is 12.1. The minimum atomic E-state index is 0.332. The zero-order valence-corrected chi connectivity index (χ0v) is 19.0. The quantitative estimate of drug-likeness (QED) is 0.346. The molecule has 0 amide bonds. The van der Waals surface area contributed by atoms with Gasteiger partial charge in [0.05, 0.1) is 22.4 Å². The number of fused-ring (bicyclic) bond motifs is 2. The lowest BCUT2D eigenvalue weighted by molar-refractivity contribution is 0.898. The van der Waals surface area contributed by atoms with E-state index in [-0.39, 0.29) is 0 Å². The summed E-state index contributed by atoms with van der Waals surface area (Å²) in [5.41, 5.74) is 7.34. The Bertz CT molecular complexity index is 1640. The molecular formula is C25H23N9. The highest BCUT2D eigenvalue weighted by Gasteiger charge is 2.16. The van der Waals surface area contributed by atoms with Crippen molar-refractivity contribution in [3.05, 3.63) is 67.1 Å². The fraction of sp³-hybridized carbons (Fsp3) is 0.160. The summed E-state index contributed by atoms with van der Waals surface area (Å²) in [7, 11) is 0. The number of hydrogen-bond donors (Lipinski definition) is 3. The van der Waals surface area contributed by atoms with Gasteiger partial charge in [-0.3, -0.25) is 14.6 Å². The first-order chi connectivity index (χ1) is 16.5. The second-order valence-corrected chi connectivity index (χ2v) is 8.63. The summed E-state index contributed by atoms with van der Waals surface area (Å²) in [5.74, 6) is 1.40. The number of nitrogens with one attached hydrogen (secondary N) is 3. The van der Waals surface area contributed by atoms with Gasteiger partial charge in [0, 0.05) is 41.8 Å². The van der Waals surface area contributed by atoms with Crippen LogP contribution in [0.15, 0.2) is 61.4 Å². The van der Waals surface area contributed by atoms with Gasteiger partial charge < -0.3 is 10.3 Å². The second-order valence-electron chi connectivity index (χ2n) is 8.63. The monoisotopic (exact) mass is 449 g/mol. The molecule has 6 aromatic rings. The molecule has 34 heavy (non-hydrogen) atoms. The average Bonchev–Trinajstić information content (AvgIpc) is 3.55. The van der Waals surface area contributed by atoms with E-state index in [1.165, 1.54) is 0 Å². The topological polar surface area (TPSA) is 113 Å². The number of aromatic nitrogens is 8. The first kappa shape index (κ1) is 20.1. The molecule has 0 fully saturated rings. The van der Waals surface area contributed by atoms with Crippen LogP contribution in [0.4, 0.5) is 5.69 Å². The molecule has 0 saturated carbocycles. The van der Waals surface area contributed by atoms with Crippen molar-refractivity contribution in [1.29, 1.82) is 0 Å². The fourth-order valence-electron chi connectivity index (χ4n) is 4.14. The van der Waals surface area contributed by atoms with E-state index >= 15 is 0 Å². The first-order valence-electron chi connectivity index (χ1n) is 11.1. The Morgan fingerprint density at radius 1 is 1.00 bits per heavy atom. The molecule has 0 saturated heterocycles. The Morgan fingerprint density at radius 2 is 1.91 bits per heavy atom. The van der Waals surface area contributed by atoms with E-state index in [9.17, 15) is 0 Å². The number of H-pyrrole nitrogens is 2. The predicted octanol–water partition coefficient (Wildman–Crippen LogP) is 4.88. The number of aryl methyl sites for hydroxylation is 1. The maximum absolute atomic E-state index is 4.87. The van der Waals surface area contributed by atoms with Crippen LogP contribution in [0.2, 0.25) is 0 Å². The Morgan fingerprint density at radius 3 is 2.74 bits per heavy atom. The van der Waals surface area contributed by atoms with Crippen LogP contribution in [0.5, 0.6) is 0 Å². The van der Waals surface area contributed by atoms with Crippen LogP contribution in [0.1, 0.15) is 19.5 Å². The van der Waals surface area contributed by atoms with Gasteiger partial charge in [-0.05, 0) is 50.6 Å². The second kappa shape index (κ2) is 7.80. The highest BCUT2D eigenvalue weighted by molar-refractivity contribution is 5.96. The van der Waals surface area contributed by atoms with Crippen LogP contribution >= 0.6 is 0 Å². The molecule has 0 unspecified atom stereocenters. The van der Waals surface area contributed by atoms with E-state index in [0.717, 1.165) is 56.0 Å². The number of anilines is 1. The van der Waals surface area contributed by atoms with Gasteiger partial charge in [-0.15, -0.1) is 0 Å². The summed E-state index contributed by atoms with van der Waals surface area (Å²) in [6.07, 6.45) is 9.16. The number of imidazole rings is 2. The van der Waals surface area contributed by atoms with Crippen LogP contribution in [-0.2, 0) is 0 Å². The maximum Gasteiger partial charge on any atom is 0.166 e. The van der Waals surface area contributed by atoms with Gasteiger partial charge in [0.1, 0.15) is 17.5 Å². The smallest absolute Gasteiger partial charge is 0.166 e. The van der Waals surface area contributed by atoms with Crippen molar-refractivity contribution in [3.63, 3.8) is 0 Å². The van der Waals surface area contributed by atoms with Crippen molar-refractivity contribution in [2.45, 2.75) is 26.8 Å². The molecule has 0 aliphatic carbocycles. The first-order valence-corrected chi connectivity index (χ1v) is 11.1. The largest absolute Gasteiger partial charge is 0.382 e. The molecule has 9 nitrogen and oxygen atoms in total. The molecule has 0 bridgehead atoms. The van der Waals surface area contributed by atoms with Crippen molar-refractivity contribution in [3.8, 4) is 28.5 Å². The molecule has 1 aromatic carbocycles. The number of nitrogens with zero attached hydrogens (tertiary/aromatic N) is 6. The van der Waals surface area contributed by atoms with E-state index in [1.54, 1.807) is 12.5 Å². The van der Waals surface area contributed by atoms with Crippen molar-refractivity contribution in [1.82, 2.24) is 39.7 Å². The van der Waals surface area contributed by atoms with E-state index in [4.69, 9.17) is 4.98 Å². The van der Waals surface area contributed by atoms with Crippen molar-refractivity contribution >= 4 is 27.6 Å². The SMILES string of the molecule is Cc1cn(-c2nccc3[nH]c(-c4n[nH]c5ccc(-c6cncc(NC(C)C)c6)cc45)nc23)cn1. The highest BCUT2D eigenvalue weighted by Crippen LogP contribution is 2.31. The lowest BCUT2D eigenvalue weighted by atomic mass is 10.0. The minimum Gasteiger partial charge on any atom is -0.382 e. The summed E-state index contributed by atoms with van der Waals surface area (Å²) >= 11 is 0. The third-order valence-corrected chi connectivity index (χ3v) is 5.65. The van der Waals surface area contributed by atoms with Gasteiger partial charge in [0.2, 0.25) is 0 Å². The summed E-state index contributed by atoms with van der Waals surface area (Å²) in [4.78, 5) is 21.5. The molecule has 0 atom stereocenters. The molecule has 5 aromatic heterocycles. The molecule has 9 heteroatoms. The van der Waals surface area contributed by atoms with Gasteiger partial charge in [0.15, 0.2) is 11.6 Å². The lowest BCUT2D eigenvalue weighted by Gasteiger charge is -2.11. The standard InChI is InChI=1S/C25H23N9/c1-14(2)29-18-8-17(10-26-11-18)16-4-5-20-19(9-16)22(33-32-20)24-30-21-6-7-27-25(23(21)31-24)34-12-15(3)28-13-34/h4-14,29H,1-3H3,(H,30,31)(H,32,33). The third-order valence-electron chi connectivity index (χ3n) is 5.65. The van der Waals surface area contributed by atoms with Gasteiger partial charge in [0.25, 0.3) is 0 Å². The number of pyridine rings is 2. The normalized spacial score (nSPS) is 11.6. The molecule has 0 radical (unpaired) electrons. The van der Waals surface area contributed by atoms with E-state index < -0.39 is 0 Å². The Balaban J connectivity index is 1.45. The molecule has 0 spiro atoms. The Kier molecular flexibility index (Phi) is 4.61. The number of hydrogen-bond acceptors (Lipinski definition) is 6. The molecule has 0 aliphatic heterocycles. The summed E-state index contributed by atoms with van der Waals surface area (Å²) in [6.45, 7) is 6.17. The molecule has 5 heterocycles. The van der Waals surface area contributed by atoms with E-state index in [1.807, 2.05) is 42.2 Å². The zero-order valence-electron chi connectivity index (χ0n) is 19.0. The van der Waals surface area contributed by atoms with Crippen molar-refractivity contribution in [2.24, 2.45) is 0 Å². The molecular weight excluding hydrogens is 426 g/mol. The molecule has 168 valence electrons. The van der Waals surface area contributed by atoms with Gasteiger partial charge >= 0.3 is 0 Å². The van der Waals surface area contributed by atoms with Crippen LogP contribution in [0.3, 0.4) is 0 Å². The van der Waals surface area contributed by atoms with Gasteiger partial charge in [-0.2, -0.15) is 5.10 Å². The fourth-order valence-corrected chi connectivity index (χ4v) is 4.14. The van der Waals surface area contributed by atoms with Crippen LogP contribution in [0.25, 0.3) is 50.4 Å². The Hall–Kier alpha value is -4.53. The highest BCUT2D eigenvalue weighted by atomic mass is 15.2. The maximum atomic E-state index is 4.87. The number of benzene rings is 1. The predicted molar refractivity (Wildman–Crippen MR) is 133 cm³/mol. The average molecular weight is 450 g/mol. The summed E-state index contributed by atoms with van der Waals surface area (Å²) in [6, 6.07) is 10.6. The molecule has 0 aliphatic rings.